The fourth-order valence-electron chi connectivity index (χ4n) is 3.73. The number of carbonyl (C=O) groups is 1. The highest BCUT2D eigenvalue weighted by atomic mass is 16.5. The van der Waals surface area contributed by atoms with Crippen molar-refractivity contribution in [1.82, 2.24) is 0 Å². The zero-order valence-corrected chi connectivity index (χ0v) is 5.49. The van der Waals surface area contributed by atoms with Crippen LogP contribution in [0.5, 0.6) is 0 Å². The van der Waals surface area contributed by atoms with Gasteiger partial charge in [-0.2, -0.15) is 0 Å². The number of ether oxygens (including phenoxy) is 1. The first kappa shape index (κ1) is 4.50. The highest BCUT2D eigenvalue weighted by molar-refractivity contribution is 5.92. The molecule has 6 bridgehead atoms. The van der Waals surface area contributed by atoms with E-state index in [4.69, 9.17) is 4.74 Å². The first-order chi connectivity index (χ1) is 4.88. The van der Waals surface area contributed by atoms with Crippen molar-refractivity contribution in [3.8, 4) is 0 Å². The summed E-state index contributed by atoms with van der Waals surface area (Å²) >= 11 is 0. The molecule has 5 fully saturated rings. The molecule has 6 atom stereocenters. The third kappa shape index (κ3) is 0.214. The summed E-state index contributed by atoms with van der Waals surface area (Å²) in [6, 6.07) is 0. The second-order valence-electron chi connectivity index (χ2n) is 4.08. The lowest BCUT2D eigenvalue weighted by molar-refractivity contribution is -0.130. The molecule has 0 aromatic rings. The maximum atomic E-state index is 11.4. The SMILES string of the molecule is O=C1[C@H]2C[C@@H]3C4OC(C42)[C@H]13. The summed E-state index contributed by atoms with van der Waals surface area (Å²) in [4.78, 5) is 11.4. The van der Waals surface area contributed by atoms with Crippen LogP contribution in [0.3, 0.4) is 0 Å². The highest BCUT2D eigenvalue weighted by Gasteiger charge is 2.77. The van der Waals surface area contributed by atoms with E-state index in [9.17, 15) is 4.79 Å². The molecule has 5 rings (SSSR count). The van der Waals surface area contributed by atoms with Gasteiger partial charge >= 0.3 is 0 Å². The summed E-state index contributed by atoms with van der Waals surface area (Å²) in [6.45, 7) is 0. The van der Waals surface area contributed by atoms with Gasteiger partial charge in [0, 0.05) is 17.8 Å². The van der Waals surface area contributed by atoms with Gasteiger partial charge in [-0.3, -0.25) is 4.79 Å². The van der Waals surface area contributed by atoms with Gasteiger partial charge in [-0.15, -0.1) is 0 Å². The number of ketones is 1. The number of carbonyl (C=O) groups excluding carboxylic acids is 1. The molecule has 1 heterocycles. The van der Waals surface area contributed by atoms with Crippen LogP contribution in [0.25, 0.3) is 0 Å². The molecule has 4 aliphatic carbocycles. The Labute approximate surface area is 58.5 Å². The van der Waals surface area contributed by atoms with E-state index in [0.717, 1.165) is 6.42 Å². The lowest BCUT2D eigenvalue weighted by Crippen LogP contribution is -2.39. The molecule has 3 unspecified atom stereocenters. The van der Waals surface area contributed by atoms with Crippen molar-refractivity contribution in [3.63, 3.8) is 0 Å². The van der Waals surface area contributed by atoms with E-state index < -0.39 is 0 Å². The van der Waals surface area contributed by atoms with Crippen molar-refractivity contribution < 1.29 is 9.53 Å². The minimum absolute atomic E-state index is 0.361. The van der Waals surface area contributed by atoms with Crippen molar-refractivity contribution in [2.45, 2.75) is 18.6 Å². The molecule has 1 saturated heterocycles. The molecule has 0 spiro atoms. The quantitative estimate of drug-likeness (QED) is 0.476. The molecule has 4 saturated carbocycles. The predicted molar refractivity (Wildman–Crippen MR) is 32.2 cm³/mol. The Morgan fingerprint density at radius 1 is 1.40 bits per heavy atom. The zero-order chi connectivity index (χ0) is 6.46. The van der Waals surface area contributed by atoms with Gasteiger partial charge in [0.2, 0.25) is 0 Å². The van der Waals surface area contributed by atoms with Crippen LogP contribution in [0.2, 0.25) is 0 Å². The Hall–Kier alpha value is -0.370. The summed E-state index contributed by atoms with van der Waals surface area (Å²) in [7, 11) is 0. The fraction of sp³-hybridized carbons (Fsp3) is 0.875. The molecule has 2 heteroatoms. The van der Waals surface area contributed by atoms with Crippen LogP contribution in [0, 0.1) is 23.7 Å². The summed E-state index contributed by atoms with van der Waals surface area (Å²) in [6.07, 6.45) is 2.08. The Bertz CT molecular complexity index is 246. The van der Waals surface area contributed by atoms with Crippen LogP contribution in [0.15, 0.2) is 0 Å². The summed E-state index contributed by atoms with van der Waals surface area (Å²) < 4.78 is 5.54. The average Bonchev–Trinajstić information content (AvgIpc) is 2.47. The summed E-state index contributed by atoms with van der Waals surface area (Å²) in [5.41, 5.74) is 0. The van der Waals surface area contributed by atoms with E-state index in [1.165, 1.54) is 0 Å². The first-order valence-corrected chi connectivity index (χ1v) is 4.07. The van der Waals surface area contributed by atoms with Crippen molar-refractivity contribution >= 4 is 5.78 Å². The smallest absolute Gasteiger partial charge is 0.142 e. The van der Waals surface area contributed by atoms with Crippen LogP contribution in [0.1, 0.15) is 6.42 Å². The van der Waals surface area contributed by atoms with E-state index in [1.54, 1.807) is 0 Å². The molecular weight excluding hydrogens is 128 g/mol. The van der Waals surface area contributed by atoms with Crippen LogP contribution in [-0.4, -0.2) is 18.0 Å². The topological polar surface area (TPSA) is 26.3 Å². The summed E-state index contributed by atoms with van der Waals surface area (Å²) in [5.74, 6) is 2.68. The zero-order valence-electron chi connectivity index (χ0n) is 5.49. The minimum atomic E-state index is 0.361. The molecule has 0 aromatic carbocycles. The van der Waals surface area contributed by atoms with Crippen LogP contribution in [-0.2, 0) is 9.53 Å². The van der Waals surface area contributed by atoms with Gasteiger partial charge < -0.3 is 4.74 Å². The second kappa shape index (κ2) is 0.981. The minimum Gasteiger partial charge on any atom is -0.373 e. The van der Waals surface area contributed by atoms with Gasteiger partial charge in [0.1, 0.15) is 5.78 Å². The van der Waals surface area contributed by atoms with Crippen molar-refractivity contribution in [2.75, 3.05) is 0 Å². The number of hydrogen-bond acceptors (Lipinski definition) is 2. The molecule has 0 radical (unpaired) electrons. The predicted octanol–water partition coefficient (Wildman–Crippen LogP) is 0.219. The van der Waals surface area contributed by atoms with Crippen LogP contribution >= 0.6 is 0 Å². The maximum Gasteiger partial charge on any atom is 0.142 e. The highest BCUT2D eigenvalue weighted by Crippen LogP contribution is 2.69. The van der Waals surface area contributed by atoms with Crippen LogP contribution < -0.4 is 0 Å². The monoisotopic (exact) mass is 136 g/mol. The van der Waals surface area contributed by atoms with E-state index in [0.29, 0.717) is 41.7 Å². The van der Waals surface area contributed by atoms with E-state index in [1.807, 2.05) is 0 Å². The third-order valence-corrected chi connectivity index (χ3v) is 3.99. The molecule has 52 valence electrons. The van der Waals surface area contributed by atoms with Gasteiger partial charge in [-0.05, 0) is 12.3 Å². The molecule has 1 aliphatic heterocycles. The molecule has 5 aliphatic rings. The van der Waals surface area contributed by atoms with Gasteiger partial charge in [0.15, 0.2) is 0 Å². The normalized spacial score (nSPS) is 73.4. The lowest BCUT2D eigenvalue weighted by Gasteiger charge is -2.32. The Kier molecular flexibility index (Phi) is 0.441. The van der Waals surface area contributed by atoms with E-state index in [-0.39, 0.29) is 0 Å². The number of Topliss-reactive ketones (excluding diaryl/α,β-unsaturated/α-hetero) is 1. The fourth-order valence-corrected chi connectivity index (χ4v) is 3.73. The summed E-state index contributed by atoms with van der Waals surface area (Å²) in [5, 5.41) is 0. The Balaban J connectivity index is 2.05. The molecule has 10 heavy (non-hydrogen) atoms. The van der Waals surface area contributed by atoms with Crippen LogP contribution in [0.4, 0.5) is 0 Å². The molecule has 0 aromatic heterocycles. The molecule has 2 nitrogen and oxygen atoms in total. The van der Waals surface area contributed by atoms with Crippen molar-refractivity contribution in [1.29, 1.82) is 0 Å². The average molecular weight is 136 g/mol. The van der Waals surface area contributed by atoms with Crippen molar-refractivity contribution in [3.05, 3.63) is 0 Å². The van der Waals surface area contributed by atoms with Gasteiger partial charge in [-0.1, -0.05) is 0 Å². The Morgan fingerprint density at radius 2 is 2.30 bits per heavy atom. The van der Waals surface area contributed by atoms with Gasteiger partial charge in [0.05, 0.1) is 12.2 Å². The molecule has 0 N–H and O–H groups in total. The lowest BCUT2D eigenvalue weighted by atomic mass is 9.93. The first-order valence-electron chi connectivity index (χ1n) is 4.07. The largest absolute Gasteiger partial charge is 0.373 e. The van der Waals surface area contributed by atoms with E-state index in [2.05, 4.69) is 0 Å². The Morgan fingerprint density at radius 3 is 2.80 bits per heavy atom. The molecule has 0 amide bonds. The maximum absolute atomic E-state index is 11.4. The number of hydrogen-bond donors (Lipinski definition) is 0. The second-order valence-corrected chi connectivity index (χ2v) is 4.08. The standard InChI is InChI=1S/C8H8O2/c9-6-2-1-3-4(6)8-5(2)7(3)10-8/h2-5,7-8H,1H2/t2-,3-,4-,5?,7?,8?/m0/s1. The number of rotatable bonds is 0. The van der Waals surface area contributed by atoms with E-state index >= 15 is 0 Å². The van der Waals surface area contributed by atoms with Gasteiger partial charge in [-0.25, -0.2) is 0 Å². The van der Waals surface area contributed by atoms with Gasteiger partial charge in [0.25, 0.3) is 0 Å². The van der Waals surface area contributed by atoms with Crippen molar-refractivity contribution in [2.24, 2.45) is 23.7 Å². The third-order valence-electron chi connectivity index (χ3n) is 3.99. The molecular formula is C8H8O2.